The second-order valence-corrected chi connectivity index (χ2v) is 4.23. The van der Waals surface area contributed by atoms with Gasteiger partial charge in [0, 0.05) is 30.7 Å². The van der Waals surface area contributed by atoms with E-state index in [2.05, 4.69) is 26.9 Å². The first kappa shape index (κ1) is 12.6. The number of rotatable bonds is 6. The maximum absolute atomic E-state index is 8.92. The molecular formula is C11H17BrN2O. The van der Waals surface area contributed by atoms with Gasteiger partial charge in [0.15, 0.2) is 0 Å². The molecule has 1 aromatic rings. The number of aliphatic hydroxyl groups is 1. The van der Waals surface area contributed by atoms with Crippen molar-refractivity contribution in [2.24, 2.45) is 5.73 Å². The number of aliphatic hydroxyl groups excluding tert-OH is 1. The monoisotopic (exact) mass is 272 g/mol. The summed E-state index contributed by atoms with van der Waals surface area (Å²) in [6.45, 7) is 3.08. The Labute approximate surface area is 99.0 Å². The van der Waals surface area contributed by atoms with Crippen molar-refractivity contribution >= 4 is 15.9 Å². The van der Waals surface area contributed by atoms with Gasteiger partial charge in [0.25, 0.3) is 0 Å². The quantitative estimate of drug-likeness (QED) is 0.819. The van der Waals surface area contributed by atoms with E-state index in [0.29, 0.717) is 13.1 Å². The van der Waals surface area contributed by atoms with Crippen LogP contribution >= 0.6 is 15.9 Å². The first-order valence-electron chi connectivity index (χ1n) is 5.04. The summed E-state index contributed by atoms with van der Waals surface area (Å²) < 4.78 is 1.10. The lowest BCUT2D eigenvalue weighted by Gasteiger charge is -2.20. The van der Waals surface area contributed by atoms with Crippen LogP contribution in [0.4, 0.5) is 0 Å². The molecule has 0 amide bonds. The zero-order chi connectivity index (χ0) is 11.1. The minimum Gasteiger partial charge on any atom is -0.395 e. The second-order valence-electron chi connectivity index (χ2n) is 3.38. The Morgan fingerprint density at radius 3 is 2.60 bits per heavy atom. The standard InChI is InChI=1S/C11H17BrN2O/c12-11-4-2-1-3-10(11)9-14(6-5-13)7-8-15/h1-4,15H,5-9,13H2. The molecule has 1 rings (SSSR count). The fourth-order valence-electron chi connectivity index (χ4n) is 1.46. The molecule has 0 aliphatic carbocycles. The van der Waals surface area contributed by atoms with Crippen LogP contribution in [-0.4, -0.2) is 36.2 Å². The molecule has 0 aliphatic heterocycles. The van der Waals surface area contributed by atoms with Crippen LogP contribution in [0.15, 0.2) is 28.7 Å². The fourth-order valence-corrected chi connectivity index (χ4v) is 1.87. The van der Waals surface area contributed by atoms with Crippen molar-refractivity contribution in [1.82, 2.24) is 4.90 Å². The lowest BCUT2D eigenvalue weighted by molar-refractivity contribution is 0.193. The van der Waals surface area contributed by atoms with E-state index in [1.165, 1.54) is 5.56 Å². The van der Waals surface area contributed by atoms with Gasteiger partial charge in [-0.25, -0.2) is 0 Å². The molecular weight excluding hydrogens is 256 g/mol. The first-order chi connectivity index (χ1) is 7.27. The Morgan fingerprint density at radius 1 is 1.27 bits per heavy atom. The molecule has 0 heterocycles. The van der Waals surface area contributed by atoms with Crippen LogP contribution in [-0.2, 0) is 6.54 Å². The largest absolute Gasteiger partial charge is 0.395 e. The van der Waals surface area contributed by atoms with E-state index in [4.69, 9.17) is 10.8 Å². The predicted octanol–water partition coefficient (Wildman–Crippen LogP) is 1.20. The zero-order valence-electron chi connectivity index (χ0n) is 8.69. The Hall–Kier alpha value is -0.420. The average molecular weight is 273 g/mol. The molecule has 3 nitrogen and oxygen atoms in total. The van der Waals surface area contributed by atoms with E-state index in [1.54, 1.807) is 0 Å². The Bertz CT molecular complexity index is 288. The van der Waals surface area contributed by atoms with E-state index in [0.717, 1.165) is 17.6 Å². The molecule has 84 valence electrons. The molecule has 15 heavy (non-hydrogen) atoms. The van der Waals surface area contributed by atoms with Crippen molar-refractivity contribution in [2.45, 2.75) is 6.54 Å². The lowest BCUT2D eigenvalue weighted by Crippen LogP contribution is -2.31. The number of benzene rings is 1. The SMILES string of the molecule is NCCN(CCO)Cc1ccccc1Br. The number of halogens is 1. The van der Waals surface area contributed by atoms with Crippen molar-refractivity contribution in [3.63, 3.8) is 0 Å². The van der Waals surface area contributed by atoms with Crippen LogP contribution in [0, 0.1) is 0 Å². The molecule has 0 saturated carbocycles. The van der Waals surface area contributed by atoms with Crippen molar-refractivity contribution < 1.29 is 5.11 Å². The fraction of sp³-hybridized carbons (Fsp3) is 0.455. The maximum atomic E-state index is 8.92. The molecule has 4 heteroatoms. The summed E-state index contributed by atoms with van der Waals surface area (Å²) in [5.74, 6) is 0. The Morgan fingerprint density at radius 2 is 2.00 bits per heavy atom. The average Bonchev–Trinajstić information content (AvgIpc) is 2.22. The molecule has 0 fully saturated rings. The van der Waals surface area contributed by atoms with Crippen molar-refractivity contribution in [2.75, 3.05) is 26.2 Å². The molecule has 0 aliphatic rings. The summed E-state index contributed by atoms with van der Waals surface area (Å²) in [6, 6.07) is 8.10. The van der Waals surface area contributed by atoms with Crippen LogP contribution in [0.2, 0.25) is 0 Å². The maximum Gasteiger partial charge on any atom is 0.0558 e. The summed E-state index contributed by atoms with van der Waals surface area (Å²) in [4.78, 5) is 2.14. The van der Waals surface area contributed by atoms with Gasteiger partial charge in [0.1, 0.15) is 0 Å². The third-order valence-electron chi connectivity index (χ3n) is 2.21. The highest BCUT2D eigenvalue weighted by Gasteiger charge is 2.06. The molecule has 3 N–H and O–H groups in total. The highest BCUT2D eigenvalue weighted by atomic mass is 79.9. The number of nitrogens with zero attached hydrogens (tertiary/aromatic N) is 1. The van der Waals surface area contributed by atoms with Gasteiger partial charge in [-0.05, 0) is 11.6 Å². The van der Waals surface area contributed by atoms with E-state index in [9.17, 15) is 0 Å². The molecule has 0 atom stereocenters. The van der Waals surface area contributed by atoms with E-state index in [1.807, 2.05) is 18.2 Å². The van der Waals surface area contributed by atoms with E-state index in [-0.39, 0.29) is 6.61 Å². The zero-order valence-corrected chi connectivity index (χ0v) is 10.3. The summed E-state index contributed by atoms with van der Waals surface area (Å²) in [7, 11) is 0. The van der Waals surface area contributed by atoms with Gasteiger partial charge in [-0.3, -0.25) is 4.90 Å². The van der Waals surface area contributed by atoms with Crippen LogP contribution in [0.25, 0.3) is 0 Å². The summed E-state index contributed by atoms with van der Waals surface area (Å²) in [5, 5.41) is 8.92. The van der Waals surface area contributed by atoms with Gasteiger partial charge in [-0.15, -0.1) is 0 Å². The third kappa shape index (κ3) is 4.30. The summed E-state index contributed by atoms with van der Waals surface area (Å²) in [5.41, 5.74) is 6.74. The van der Waals surface area contributed by atoms with Gasteiger partial charge in [0.2, 0.25) is 0 Å². The summed E-state index contributed by atoms with van der Waals surface area (Å²) >= 11 is 3.51. The van der Waals surface area contributed by atoms with E-state index >= 15 is 0 Å². The lowest BCUT2D eigenvalue weighted by atomic mass is 10.2. The highest BCUT2D eigenvalue weighted by Crippen LogP contribution is 2.17. The number of nitrogens with two attached hydrogens (primary N) is 1. The van der Waals surface area contributed by atoms with Gasteiger partial charge >= 0.3 is 0 Å². The van der Waals surface area contributed by atoms with E-state index < -0.39 is 0 Å². The Balaban J connectivity index is 2.60. The minimum atomic E-state index is 0.171. The molecule has 0 aromatic heterocycles. The van der Waals surface area contributed by atoms with Gasteiger partial charge in [0.05, 0.1) is 6.61 Å². The third-order valence-corrected chi connectivity index (χ3v) is 2.99. The van der Waals surface area contributed by atoms with Crippen LogP contribution < -0.4 is 5.73 Å². The molecule has 0 bridgehead atoms. The van der Waals surface area contributed by atoms with Crippen LogP contribution in [0.3, 0.4) is 0 Å². The van der Waals surface area contributed by atoms with Gasteiger partial charge in [-0.1, -0.05) is 34.1 Å². The topological polar surface area (TPSA) is 49.5 Å². The predicted molar refractivity (Wildman–Crippen MR) is 65.6 cm³/mol. The molecule has 1 aromatic carbocycles. The van der Waals surface area contributed by atoms with Crippen molar-refractivity contribution in [3.05, 3.63) is 34.3 Å². The first-order valence-corrected chi connectivity index (χ1v) is 5.84. The minimum absolute atomic E-state index is 0.171. The molecule has 0 radical (unpaired) electrons. The summed E-state index contributed by atoms with van der Waals surface area (Å²) in [6.07, 6.45) is 0. The van der Waals surface area contributed by atoms with Crippen molar-refractivity contribution in [3.8, 4) is 0 Å². The van der Waals surface area contributed by atoms with Crippen LogP contribution in [0.1, 0.15) is 5.56 Å². The molecule has 0 unspecified atom stereocenters. The Kier molecular flexibility index (Phi) is 5.86. The second kappa shape index (κ2) is 6.95. The normalized spacial score (nSPS) is 10.9. The molecule has 0 spiro atoms. The number of hydrogen-bond acceptors (Lipinski definition) is 3. The highest BCUT2D eigenvalue weighted by molar-refractivity contribution is 9.10. The molecule has 0 saturated heterocycles. The van der Waals surface area contributed by atoms with Crippen molar-refractivity contribution in [1.29, 1.82) is 0 Å². The number of hydrogen-bond donors (Lipinski definition) is 2. The van der Waals surface area contributed by atoms with Gasteiger partial charge in [-0.2, -0.15) is 0 Å². The van der Waals surface area contributed by atoms with Gasteiger partial charge < -0.3 is 10.8 Å². The van der Waals surface area contributed by atoms with Crippen LogP contribution in [0.5, 0.6) is 0 Å². The smallest absolute Gasteiger partial charge is 0.0558 e.